The summed E-state index contributed by atoms with van der Waals surface area (Å²) in [6, 6.07) is 7.31. The fraction of sp³-hybridized carbons (Fsp3) is 0.500. The van der Waals surface area contributed by atoms with Crippen molar-refractivity contribution < 1.29 is 13.5 Å². The van der Waals surface area contributed by atoms with E-state index < -0.39 is 21.2 Å². The molecule has 1 N–H and O–H groups in total. The van der Waals surface area contributed by atoms with E-state index in [1.165, 1.54) is 6.26 Å². The van der Waals surface area contributed by atoms with Crippen LogP contribution in [0.15, 0.2) is 24.3 Å². The van der Waals surface area contributed by atoms with Crippen molar-refractivity contribution in [2.45, 2.75) is 31.6 Å². The van der Waals surface area contributed by atoms with E-state index in [0.717, 1.165) is 5.56 Å². The Bertz CT molecular complexity index is 451. The number of rotatable bonds is 4. The lowest BCUT2D eigenvalue weighted by molar-refractivity contribution is 0.168. The third-order valence-electron chi connectivity index (χ3n) is 2.81. The van der Waals surface area contributed by atoms with Crippen molar-refractivity contribution in [2.75, 3.05) is 6.26 Å². The van der Waals surface area contributed by atoms with Gasteiger partial charge in [0.15, 0.2) is 9.84 Å². The van der Waals surface area contributed by atoms with Gasteiger partial charge in [0.1, 0.15) is 0 Å². The average molecular weight is 242 g/mol. The van der Waals surface area contributed by atoms with E-state index in [1.807, 2.05) is 19.1 Å². The van der Waals surface area contributed by atoms with Gasteiger partial charge in [-0.25, -0.2) is 8.42 Å². The third kappa shape index (κ3) is 2.83. The van der Waals surface area contributed by atoms with Gasteiger partial charge in [-0.05, 0) is 24.5 Å². The molecule has 1 rings (SSSR count). The molecule has 0 spiro atoms. The summed E-state index contributed by atoms with van der Waals surface area (Å²) in [7, 11) is -3.23. The first kappa shape index (κ1) is 13.2. The molecule has 16 heavy (non-hydrogen) atoms. The van der Waals surface area contributed by atoms with Crippen molar-refractivity contribution in [1.82, 2.24) is 0 Å². The Labute approximate surface area is 97.0 Å². The predicted molar refractivity (Wildman–Crippen MR) is 65.1 cm³/mol. The normalized spacial score (nSPS) is 15.8. The fourth-order valence-corrected chi connectivity index (χ4v) is 3.10. The van der Waals surface area contributed by atoms with Gasteiger partial charge in [-0.15, -0.1) is 0 Å². The van der Waals surface area contributed by atoms with Gasteiger partial charge < -0.3 is 5.11 Å². The molecule has 4 heteroatoms. The molecule has 0 fully saturated rings. The van der Waals surface area contributed by atoms with Gasteiger partial charge in [-0.2, -0.15) is 0 Å². The summed E-state index contributed by atoms with van der Waals surface area (Å²) >= 11 is 0. The Morgan fingerprint density at radius 2 is 1.88 bits per heavy atom. The van der Waals surface area contributed by atoms with E-state index >= 15 is 0 Å². The summed E-state index contributed by atoms with van der Waals surface area (Å²) in [5, 5.41) is 9.39. The van der Waals surface area contributed by atoms with Crippen LogP contribution in [0.5, 0.6) is 0 Å². The average Bonchev–Trinajstić information content (AvgIpc) is 2.17. The summed E-state index contributed by atoms with van der Waals surface area (Å²) in [5.41, 5.74) is 1.61. The first-order valence-electron chi connectivity index (χ1n) is 5.30. The van der Waals surface area contributed by atoms with E-state index in [2.05, 4.69) is 0 Å². The molecule has 0 aliphatic rings. The molecule has 0 aliphatic heterocycles. The summed E-state index contributed by atoms with van der Waals surface area (Å²) in [4.78, 5) is 0. The maximum atomic E-state index is 11.5. The van der Waals surface area contributed by atoms with Crippen LogP contribution in [0.3, 0.4) is 0 Å². The lowest BCUT2D eigenvalue weighted by atomic mass is 10.00. The van der Waals surface area contributed by atoms with Crippen molar-refractivity contribution >= 4 is 9.84 Å². The monoisotopic (exact) mass is 242 g/mol. The van der Waals surface area contributed by atoms with Crippen LogP contribution in [-0.4, -0.2) is 25.0 Å². The Hall–Kier alpha value is -0.870. The van der Waals surface area contributed by atoms with Gasteiger partial charge in [0.25, 0.3) is 0 Å². The van der Waals surface area contributed by atoms with Gasteiger partial charge in [0.05, 0.1) is 11.4 Å². The molecular weight excluding hydrogens is 224 g/mol. The fourth-order valence-electron chi connectivity index (χ4n) is 1.88. The molecule has 0 bridgehead atoms. The molecule has 1 aromatic carbocycles. The quantitative estimate of drug-likeness (QED) is 0.876. The molecule has 90 valence electrons. The Kier molecular flexibility index (Phi) is 4.10. The van der Waals surface area contributed by atoms with Gasteiger partial charge in [-0.1, -0.05) is 31.2 Å². The van der Waals surface area contributed by atoms with Crippen LogP contribution < -0.4 is 0 Å². The molecule has 0 saturated carbocycles. The molecule has 0 aliphatic carbocycles. The van der Waals surface area contributed by atoms with E-state index in [-0.39, 0.29) is 0 Å². The zero-order chi connectivity index (χ0) is 12.3. The maximum Gasteiger partial charge on any atom is 0.153 e. The molecule has 0 unspecified atom stereocenters. The van der Waals surface area contributed by atoms with Crippen molar-refractivity contribution in [1.29, 1.82) is 0 Å². The molecule has 0 heterocycles. The van der Waals surface area contributed by atoms with Crippen LogP contribution in [0, 0.1) is 6.92 Å². The van der Waals surface area contributed by atoms with Gasteiger partial charge in [-0.3, -0.25) is 0 Å². The number of aliphatic hydroxyl groups is 1. The molecule has 2 atom stereocenters. The third-order valence-corrected chi connectivity index (χ3v) is 4.50. The highest BCUT2D eigenvalue weighted by Crippen LogP contribution is 2.26. The smallest absolute Gasteiger partial charge is 0.153 e. The number of sulfone groups is 1. The van der Waals surface area contributed by atoms with E-state index in [0.29, 0.717) is 12.0 Å². The minimum Gasteiger partial charge on any atom is -0.387 e. The van der Waals surface area contributed by atoms with Gasteiger partial charge in [0.2, 0.25) is 0 Å². The summed E-state index contributed by atoms with van der Waals surface area (Å²) < 4.78 is 23.1. The van der Waals surface area contributed by atoms with E-state index in [4.69, 9.17) is 0 Å². The van der Waals surface area contributed by atoms with E-state index in [9.17, 15) is 13.5 Å². The topological polar surface area (TPSA) is 54.4 Å². The second kappa shape index (κ2) is 4.97. The molecule has 1 aromatic rings. The molecular formula is C12H18O3S. The Morgan fingerprint density at radius 1 is 1.31 bits per heavy atom. The van der Waals surface area contributed by atoms with Crippen molar-refractivity contribution in [3.05, 3.63) is 35.4 Å². The standard InChI is InChI=1S/C12H18O3S/c1-4-11(16(3,14)15)12(13)10-8-6-5-7-9(10)2/h5-8,11-13H,4H2,1-3H3/t11-,12-/m0/s1. The summed E-state index contributed by atoms with van der Waals surface area (Å²) in [6.07, 6.45) is 0.637. The number of benzene rings is 1. The summed E-state index contributed by atoms with van der Waals surface area (Å²) in [5.74, 6) is 0. The van der Waals surface area contributed by atoms with Crippen molar-refractivity contribution in [3.8, 4) is 0 Å². The second-order valence-corrected chi connectivity index (χ2v) is 6.34. The number of aryl methyl sites for hydroxylation is 1. The molecule has 3 nitrogen and oxygen atoms in total. The van der Waals surface area contributed by atoms with Crippen LogP contribution in [-0.2, 0) is 9.84 Å². The van der Waals surface area contributed by atoms with E-state index in [1.54, 1.807) is 19.1 Å². The highest BCUT2D eigenvalue weighted by atomic mass is 32.2. The molecule has 0 radical (unpaired) electrons. The number of hydrogen-bond donors (Lipinski definition) is 1. The largest absolute Gasteiger partial charge is 0.387 e. The molecule has 0 saturated heterocycles. The van der Waals surface area contributed by atoms with Crippen LogP contribution in [0.1, 0.15) is 30.6 Å². The SMILES string of the molecule is CC[C@@H]([C@@H](O)c1ccccc1C)S(C)(=O)=O. The van der Waals surface area contributed by atoms with Crippen molar-refractivity contribution in [3.63, 3.8) is 0 Å². The Balaban J connectivity index is 3.10. The highest BCUT2D eigenvalue weighted by molar-refractivity contribution is 7.91. The molecule has 0 amide bonds. The summed E-state index contributed by atoms with van der Waals surface area (Å²) in [6.45, 7) is 3.64. The lowest BCUT2D eigenvalue weighted by Crippen LogP contribution is -2.27. The van der Waals surface area contributed by atoms with Gasteiger partial charge >= 0.3 is 0 Å². The maximum absolute atomic E-state index is 11.5. The van der Waals surface area contributed by atoms with Crippen LogP contribution >= 0.6 is 0 Å². The first-order valence-corrected chi connectivity index (χ1v) is 7.25. The minimum atomic E-state index is -3.23. The van der Waals surface area contributed by atoms with Crippen LogP contribution in [0.25, 0.3) is 0 Å². The predicted octanol–water partition coefficient (Wildman–Crippen LogP) is 1.85. The first-order chi connectivity index (χ1) is 7.38. The lowest BCUT2D eigenvalue weighted by Gasteiger charge is -2.21. The number of aliphatic hydroxyl groups excluding tert-OH is 1. The second-order valence-electron chi connectivity index (χ2n) is 4.08. The Morgan fingerprint density at radius 3 is 2.31 bits per heavy atom. The van der Waals surface area contributed by atoms with Crippen molar-refractivity contribution in [2.24, 2.45) is 0 Å². The zero-order valence-electron chi connectivity index (χ0n) is 9.84. The minimum absolute atomic E-state index is 0.411. The zero-order valence-corrected chi connectivity index (χ0v) is 10.7. The van der Waals surface area contributed by atoms with Crippen LogP contribution in [0.2, 0.25) is 0 Å². The highest BCUT2D eigenvalue weighted by Gasteiger charge is 2.28. The molecule has 0 aromatic heterocycles. The van der Waals surface area contributed by atoms with Crippen LogP contribution in [0.4, 0.5) is 0 Å². The van der Waals surface area contributed by atoms with Gasteiger partial charge in [0, 0.05) is 6.26 Å². The number of hydrogen-bond acceptors (Lipinski definition) is 3.